The maximum atomic E-state index is 11.7. The lowest BCUT2D eigenvalue weighted by atomic mass is 9.94. The van der Waals surface area contributed by atoms with E-state index in [0.717, 1.165) is 0 Å². The number of rotatable bonds is 5. The maximum Gasteiger partial charge on any atom is 0.258 e. The molecule has 0 unspecified atom stereocenters. The number of nitrogens with two attached hydrogens (primary N) is 1. The Kier molecular flexibility index (Phi) is 4.81. The third kappa shape index (κ3) is 4.11. The fraction of sp³-hybridized carbons (Fsp3) is 0.500. The van der Waals surface area contributed by atoms with Crippen LogP contribution in [-0.2, 0) is 9.53 Å². The van der Waals surface area contributed by atoms with E-state index in [0.29, 0.717) is 37.5 Å². The Labute approximate surface area is 117 Å². The van der Waals surface area contributed by atoms with Crippen LogP contribution in [0.1, 0.15) is 12.8 Å². The molecule has 0 radical (unpaired) electrons. The summed E-state index contributed by atoms with van der Waals surface area (Å²) < 4.78 is 10.5. The molecule has 1 aromatic rings. The highest BCUT2D eigenvalue weighted by Crippen LogP contribution is 2.20. The largest absolute Gasteiger partial charge is 0.482 e. The molecule has 6 heteroatoms. The SMILES string of the molecule is Nc1ccccc1OCC(=O)NCC1(O)CCOCC1. The molecule has 1 heterocycles. The van der Waals surface area contributed by atoms with Crippen molar-refractivity contribution in [2.45, 2.75) is 18.4 Å². The zero-order valence-corrected chi connectivity index (χ0v) is 11.3. The van der Waals surface area contributed by atoms with Crippen molar-refractivity contribution in [1.82, 2.24) is 5.32 Å². The Balaban J connectivity index is 1.74. The minimum atomic E-state index is -0.875. The molecule has 0 saturated carbocycles. The summed E-state index contributed by atoms with van der Waals surface area (Å²) in [5.74, 6) is 0.195. The number of ether oxygens (including phenoxy) is 2. The number of carbonyl (C=O) groups is 1. The molecule has 1 saturated heterocycles. The van der Waals surface area contributed by atoms with E-state index >= 15 is 0 Å². The predicted octanol–water partition coefficient (Wildman–Crippen LogP) is 0.305. The van der Waals surface area contributed by atoms with Crippen LogP contribution in [0.5, 0.6) is 5.75 Å². The molecule has 0 bridgehead atoms. The van der Waals surface area contributed by atoms with Gasteiger partial charge in [-0.05, 0) is 12.1 Å². The van der Waals surface area contributed by atoms with Gasteiger partial charge in [0.05, 0.1) is 11.3 Å². The molecule has 1 fully saturated rings. The van der Waals surface area contributed by atoms with Crippen molar-refractivity contribution < 1.29 is 19.4 Å². The van der Waals surface area contributed by atoms with E-state index in [9.17, 15) is 9.90 Å². The highest BCUT2D eigenvalue weighted by Gasteiger charge is 2.30. The van der Waals surface area contributed by atoms with E-state index in [1.54, 1.807) is 24.3 Å². The van der Waals surface area contributed by atoms with E-state index in [1.807, 2.05) is 0 Å². The van der Waals surface area contributed by atoms with Crippen molar-refractivity contribution in [3.63, 3.8) is 0 Å². The molecule has 6 nitrogen and oxygen atoms in total. The van der Waals surface area contributed by atoms with Crippen molar-refractivity contribution in [3.05, 3.63) is 24.3 Å². The van der Waals surface area contributed by atoms with Crippen LogP contribution in [0.25, 0.3) is 0 Å². The van der Waals surface area contributed by atoms with Crippen LogP contribution >= 0.6 is 0 Å². The first-order valence-corrected chi connectivity index (χ1v) is 6.63. The summed E-state index contributed by atoms with van der Waals surface area (Å²) in [5, 5.41) is 12.9. The third-order valence-corrected chi connectivity index (χ3v) is 3.32. The van der Waals surface area contributed by atoms with Gasteiger partial charge in [-0.25, -0.2) is 0 Å². The van der Waals surface area contributed by atoms with Gasteiger partial charge in [0.15, 0.2) is 6.61 Å². The summed E-state index contributed by atoms with van der Waals surface area (Å²) in [6.07, 6.45) is 1.06. The zero-order valence-electron chi connectivity index (χ0n) is 11.3. The summed E-state index contributed by atoms with van der Waals surface area (Å²) in [4.78, 5) is 11.7. The molecule has 1 aliphatic rings. The van der Waals surface area contributed by atoms with Crippen LogP contribution in [-0.4, -0.2) is 43.0 Å². The molecule has 1 aromatic carbocycles. The molecule has 1 aliphatic heterocycles. The van der Waals surface area contributed by atoms with Crippen molar-refractivity contribution >= 4 is 11.6 Å². The summed E-state index contributed by atoms with van der Waals surface area (Å²) in [5.41, 5.74) is 5.32. The van der Waals surface area contributed by atoms with E-state index < -0.39 is 5.60 Å². The van der Waals surface area contributed by atoms with Gasteiger partial charge in [-0.2, -0.15) is 0 Å². The molecule has 20 heavy (non-hydrogen) atoms. The van der Waals surface area contributed by atoms with Crippen LogP contribution in [0, 0.1) is 0 Å². The monoisotopic (exact) mass is 280 g/mol. The fourth-order valence-electron chi connectivity index (χ4n) is 2.00. The molecule has 0 aliphatic carbocycles. The first-order valence-electron chi connectivity index (χ1n) is 6.63. The van der Waals surface area contributed by atoms with Crippen LogP contribution in [0.2, 0.25) is 0 Å². The third-order valence-electron chi connectivity index (χ3n) is 3.32. The zero-order chi connectivity index (χ0) is 14.4. The number of hydrogen-bond acceptors (Lipinski definition) is 5. The maximum absolute atomic E-state index is 11.7. The number of nitrogen functional groups attached to an aromatic ring is 1. The summed E-state index contributed by atoms with van der Waals surface area (Å²) >= 11 is 0. The first kappa shape index (κ1) is 14.6. The Hall–Kier alpha value is -1.79. The van der Waals surface area contributed by atoms with Crippen molar-refractivity contribution in [1.29, 1.82) is 0 Å². The molecule has 1 amide bonds. The number of aliphatic hydroxyl groups is 1. The number of carbonyl (C=O) groups excluding carboxylic acids is 1. The molecule has 0 spiro atoms. The highest BCUT2D eigenvalue weighted by atomic mass is 16.5. The average Bonchev–Trinajstić information content (AvgIpc) is 2.45. The Morgan fingerprint density at radius 3 is 2.80 bits per heavy atom. The predicted molar refractivity (Wildman–Crippen MR) is 74.4 cm³/mol. The van der Waals surface area contributed by atoms with E-state index in [1.165, 1.54) is 0 Å². The average molecular weight is 280 g/mol. The van der Waals surface area contributed by atoms with E-state index in [2.05, 4.69) is 5.32 Å². The Morgan fingerprint density at radius 1 is 1.40 bits per heavy atom. The van der Waals surface area contributed by atoms with Gasteiger partial charge in [0.2, 0.25) is 0 Å². The van der Waals surface area contributed by atoms with E-state index in [-0.39, 0.29) is 19.1 Å². The number of benzene rings is 1. The van der Waals surface area contributed by atoms with Gasteiger partial charge in [-0.1, -0.05) is 12.1 Å². The standard InChI is InChI=1S/C14H20N2O4/c15-11-3-1-2-4-12(11)20-9-13(17)16-10-14(18)5-7-19-8-6-14/h1-4,18H,5-10,15H2,(H,16,17). The first-order chi connectivity index (χ1) is 9.59. The second kappa shape index (κ2) is 6.58. The molecular weight excluding hydrogens is 260 g/mol. The van der Waals surface area contributed by atoms with Crippen LogP contribution in [0.4, 0.5) is 5.69 Å². The van der Waals surface area contributed by atoms with Gasteiger partial charge >= 0.3 is 0 Å². The molecule has 0 aromatic heterocycles. The molecule has 2 rings (SSSR count). The number of hydrogen-bond donors (Lipinski definition) is 3. The van der Waals surface area contributed by atoms with Crippen LogP contribution < -0.4 is 15.8 Å². The number of para-hydroxylation sites is 2. The van der Waals surface area contributed by atoms with Crippen molar-refractivity contribution in [2.75, 3.05) is 32.1 Å². The quantitative estimate of drug-likeness (QED) is 0.675. The van der Waals surface area contributed by atoms with Gasteiger partial charge in [0, 0.05) is 32.6 Å². The van der Waals surface area contributed by atoms with Gasteiger partial charge in [0.25, 0.3) is 5.91 Å². The Morgan fingerprint density at radius 2 is 2.10 bits per heavy atom. The second-order valence-electron chi connectivity index (χ2n) is 4.94. The molecular formula is C14H20N2O4. The van der Waals surface area contributed by atoms with Crippen molar-refractivity contribution in [3.8, 4) is 5.75 Å². The summed E-state index contributed by atoms with van der Waals surface area (Å²) in [7, 11) is 0. The summed E-state index contributed by atoms with van der Waals surface area (Å²) in [6, 6.07) is 6.99. The molecule has 4 N–H and O–H groups in total. The van der Waals surface area contributed by atoms with Crippen LogP contribution in [0.15, 0.2) is 24.3 Å². The number of amides is 1. The smallest absolute Gasteiger partial charge is 0.258 e. The van der Waals surface area contributed by atoms with E-state index in [4.69, 9.17) is 15.2 Å². The van der Waals surface area contributed by atoms with Gasteiger partial charge in [-0.15, -0.1) is 0 Å². The lowest BCUT2D eigenvalue weighted by Crippen LogP contribution is -2.47. The fourth-order valence-corrected chi connectivity index (χ4v) is 2.00. The lowest BCUT2D eigenvalue weighted by Gasteiger charge is -2.32. The molecule has 0 atom stereocenters. The Bertz CT molecular complexity index is 458. The lowest BCUT2D eigenvalue weighted by molar-refractivity contribution is -0.125. The number of anilines is 1. The normalized spacial score (nSPS) is 17.4. The van der Waals surface area contributed by atoms with Gasteiger partial charge < -0.3 is 25.6 Å². The molecule has 110 valence electrons. The van der Waals surface area contributed by atoms with Gasteiger partial charge in [0.1, 0.15) is 5.75 Å². The topological polar surface area (TPSA) is 93.8 Å². The highest BCUT2D eigenvalue weighted by molar-refractivity contribution is 5.77. The number of nitrogens with one attached hydrogen (secondary N) is 1. The van der Waals surface area contributed by atoms with Crippen molar-refractivity contribution in [2.24, 2.45) is 0 Å². The van der Waals surface area contributed by atoms with Crippen LogP contribution in [0.3, 0.4) is 0 Å². The summed E-state index contributed by atoms with van der Waals surface area (Å²) in [6.45, 7) is 1.12. The minimum absolute atomic E-state index is 0.124. The second-order valence-corrected chi connectivity index (χ2v) is 4.94. The van der Waals surface area contributed by atoms with Gasteiger partial charge in [-0.3, -0.25) is 4.79 Å². The minimum Gasteiger partial charge on any atom is -0.482 e.